The first-order valence-electron chi connectivity index (χ1n) is 6.95. The third-order valence-corrected chi connectivity index (χ3v) is 4.00. The van der Waals surface area contributed by atoms with Gasteiger partial charge in [-0.15, -0.1) is 0 Å². The predicted molar refractivity (Wildman–Crippen MR) is 72.0 cm³/mol. The molecule has 2 aliphatic heterocycles. The Kier molecular flexibility index (Phi) is 3.89. The monoisotopic (exact) mass is 277 g/mol. The van der Waals surface area contributed by atoms with Gasteiger partial charge in [-0.1, -0.05) is 30.3 Å². The molecule has 3 rings (SSSR count). The number of rotatable bonds is 2. The summed E-state index contributed by atoms with van der Waals surface area (Å²) < 4.78 is 10.8. The van der Waals surface area contributed by atoms with Crippen molar-refractivity contribution in [2.45, 2.75) is 12.7 Å². The Hall–Kier alpha value is -1.59. The van der Waals surface area contributed by atoms with Gasteiger partial charge in [-0.25, -0.2) is 4.79 Å². The molecule has 5 heteroatoms. The fraction of sp³-hybridized carbons (Fsp3) is 0.533. The Bertz CT molecular complexity index is 450. The van der Waals surface area contributed by atoms with E-state index in [-0.39, 0.29) is 30.6 Å². The normalized spacial score (nSPS) is 29.1. The van der Waals surface area contributed by atoms with Gasteiger partial charge in [-0.05, 0) is 5.56 Å². The van der Waals surface area contributed by atoms with E-state index >= 15 is 0 Å². The van der Waals surface area contributed by atoms with Crippen LogP contribution in [0.5, 0.6) is 0 Å². The van der Waals surface area contributed by atoms with Crippen LogP contribution in [0.2, 0.25) is 0 Å². The lowest BCUT2D eigenvalue weighted by molar-refractivity contribution is -0.119. The van der Waals surface area contributed by atoms with Gasteiger partial charge in [0.25, 0.3) is 0 Å². The molecule has 0 aromatic heterocycles. The zero-order valence-electron chi connectivity index (χ0n) is 11.3. The molecule has 1 amide bonds. The number of fused-ring (bicyclic) bond motifs is 2. The van der Waals surface area contributed by atoms with Crippen LogP contribution in [-0.4, -0.2) is 48.5 Å². The number of piperidine rings is 1. The van der Waals surface area contributed by atoms with Crippen LogP contribution in [0.1, 0.15) is 5.56 Å². The van der Waals surface area contributed by atoms with E-state index < -0.39 is 0 Å². The molecule has 5 nitrogen and oxygen atoms in total. The number of hydrogen-bond donors (Lipinski definition) is 1. The van der Waals surface area contributed by atoms with Crippen LogP contribution < -0.4 is 0 Å². The Labute approximate surface area is 118 Å². The van der Waals surface area contributed by atoms with Crippen molar-refractivity contribution in [2.24, 2.45) is 11.8 Å². The number of carbonyl (C=O) groups excluding carboxylic acids is 1. The summed E-state index contributed by atoms with van der Waals surface area (Å²) in [6.45, 7) is 2.32. The molecule has 0 saturated carbocycles. The van der Waals surface area contributed by atoms with E-state index in [0.29, 0.717) is 26.3 Å². The molecule has 0 aliphatic carbocycles. The van der Waals surface area contributed by atoms with Crippen molar-refractivity contribution < 1.29 is 19.4 Å². The first-order valence-corrected chi connectivity index (χ1v) is 6.95. The summed E-state index contributed by atoms with van der Waals surface area (Å²) in [5.74, 6) is 0.0125. The fourth-order valence-corrected chi connectivity index (χ4v) is 2.87. The van der Waals surface area contributed by atoms with Gasteiger partial charge in [0.05, 0.1) is 19.3 Å². The average Bonchev–Trinajstić information content (AvgIpc) is 2.45. The lowest BCUT2D eigenvalue weighted by Crippen LogP contribution is -2.56. The van der Waals surface area contributed by atoms with Crippen LogP contribution in [0, 0.1) is 11.8 Å². The van der Waals surface area contributed by atoms with Crippen molar-refractivity contribution in [1.82, 2.24) is 4.90 Å². The Balaban J connectivity index is 1.55. The van der Waals surface area contributed by atoms with Gasteiger partial charge in [-0.3, -0.25) is 0 Å². The molecule has 1 N–H and O–H groups in total. The van der Waals surface area contributed by atoms with E-state index in [1.54, 1.807) is 4.90 Å². The highest BCUT2D eigenvalue weighted by atomic mass is 16.6. The quantitative estimate of drug-likeness (QED) is 0.884. The summed E-state index contributed by atoms with van der Waals surface area (Å²) in [6, 6.07) is 9.62. The second-order valence-corrected chi connectivity index (χ2v) is 5.49. The highest BCUT2D eigenvalue weighted by Crippen LogP contribution is 2.27. The smallest absolute Gasteiger partial charge is 0.410 e. The molecule has 1 aromatic rings. The van der Waals surface area contributed by atoms with Gasteiger partial charge in [0.2, 0.25) is 0 Å². The number of hydrogen-bond acceptors (Lipinski definition) is 4. The second-order valence-electron chi connectivity index (χ2n) is 5.49. The highest BCUT2D eigenvalue weighted by molar-refractivity contribution is 5.67. The van der Waals surface area contributed by atoms with Gasteiger partial charge in [0.15, 0.2) is 0 Å². The van der Waals surface area contributed by atoms with Gasteiger partial charge < -0.3 is 19.5 Å². The minimum absolute atomic E-state index is 0.00627. The maximum absolute atomic E-state index is 12.1. The summed E-state index contributed by atoms with van der Waals surface area (Å²) in [6.07, 6.45) is -0.667. The summed E-state index contributed by atoms with van der Waals surface area (Å²) in [4.78, 5) is 13.8. The molecule has 0 radical (unpaired) electrons. The van der Waals surface area contributed by atoms with Crippen LogP contribution in [-0.2, 0) is 16.1 Å². The number of nitrogens with zero attached hydrogens (tertiary/aromatic N) is 1. The number of likely N-dealkylation sites (tertiary alicyclic amines) is 1. The minimum Gasteiger partial charge on any atom is -0.445 e. The third kappa shape index (κ3) is 2.78. The number of amides is 1. The Morgan fingerprint density at radius 1 is 1.25 bits per heavy atom. The first kappa shape index (κ1) is 13.4. The van der Waals surface area contributed by atoms with Crippen molar-refractivity contribution in [3.8, 4) is 0 Å². The maximum atomic E-state index is 12.1. The van der Waals surface area contributed by atoms with Crippen LogP contribution in [0.25, 0.3) is 0 Å². The van der Waals surface area contributed by atoms with Gasteiger partial charge in [-0.2, -0.15) is 0 Å². The molecule has 2 fully saturated rings. The Morgan fingerprint density at radius 2 is 1.90 bits per heavy atom. The molecule has 2 heterocycles. The van der Waals surface area contributed by atoms with E-state index in [1.165, 1.54) is 0 Å². The Morgan fingerprint density at radius 3 is 2.55 bits per heavy atom. The molecule has 2 saturated heterocycles. The van der Waals surface area contributed by atoms with E-state index in [4.69, 9.17) is 9.47 Å². The molecule has 3 atom stereocenters. The number of carbonyl (C=O) groups is 1. The molecule has 2 bridgehead atoms. The molecule has 1 aromatic carbocycles. The molecule has 1 unspecified atom stereocenters. The molecule has 0 spiro atoms. The molecular weight excluding hydrogens is 258 g/mol. The number of aliphatic hydroxyl groups excluding tert-OH is 1. The van der Waals surface area contributed by atoms with Crippen LogP contribution in [0.15, 0.2) is 30.3 Å². The zero-order chi connectivity index (χ0) is 13.9. The van der Waals surface area contributed by atoms with Gasteiger partial charge >= 0.3 is 6.09 Å². The zero-order valence-corrected chi connectivity index (χ0v) is 11.3. The molecule has 108 valence electrons. The summed E-state index contributed by atoms with van der Waals surface area (Å²) >= 11 is 0. The minimum atomic E-state index is -0.359. The summed E-state index contributed by atoms with van der Waals surface area (Å²) in [7, 11) is 0. The van der Waals surface area contributed by atoms with Crippen LogP contribution in [0.3, 0.4) is 0 Å². The van der Waals surface area contributed by atoms with Crippen LogP contribution >= 0.6 is 0 Å². The van der Waals surface area contributed by atoms with Crippen molar-refractivity contribution in [3.05, 3.63) is 35.9 Å². The number of aliphatic hydroxyl groups is 1. The largest absolute Gasteiger partial charge is 0.445 e. The highest BCUT2D eigenvalue weighted by Gasteiger charge is 2.41. The standard InChI is InChI=1S/C15H19NO4/c17-14-12-6-16(7-13(14)10-19-9-12)15(18)20-8-11-4-2-1-3-5-11/h1-5,12-14,17H,6-10H2/t12-,13+,14?. The van der Waals surface area contributed by atoms with E-state index in [1.807, 2.05) is 30.3 Å². The predicted octanol–water partition coefficient (Wildman–Crippen LogP) is 1.26. The molecule has 2 aliphatic rings. The average molecular weight is 277 g/mol. The third-order valence-electron chi connectivity index (χ3n) is 4.00. The first-order chi connectivity index (χ1) is 9.74. The van der Waals surface area contributed by atoms with E-state index in [0.717, 1.165) is 5.56 Å². The lowest BCUT2D eigenvalue weighted by Gasteiger charge is -2.44. The molecular formula is C15H19NO4. The van der Waals surface area contributed by atoms with Crippen molar-refractivity contribution in [2.75, 3.05) is 26.3 Å². The SMILES string of the molecule is O=C(OCc1ccccc1)N1C[C@H]2COC[C@@H](C1)C2O. The van der Waals surface area contributed by atoms with E-state index in [2.05, 4.69) is 0 Å². The topological polar surface area (TPSA) is 59.0 Å². The van der Waals surface area contributed by atoms with Crippen LogP contribution in [0.4, 0.5) is 4.79 Å². The fourth-order valence-electron chi connectivity index (χ4n) is 2.87. The van der Waals surface area contributed by atoms with Crippen molar-refractivity contribution in [3.63, 3.8) is 0 Å². The number of benzene rings is 1. The van der Waals surface area contributed by atoms with E-state index in [9.17, 15) is 9.90 Å². The second kappa shape index (κ2) is 5.81. The number of ether oxygens (including phenoxy) is 2. The summed E-state index contributed by atoms with van der Waals surface area (Å²) in [5, 5.41) is 10.0. The van der Waals surface area contributed by atoms with Crippen molar-refractivity contribution in [1.29, 1.82) is 0 Å². The van der Waals surface area contributed by atoms with Crippen molar-refractivity contribution >= 4 is 6.09 Å². The molecule has 20 heavy (non-hydrogen) atoms. The lowest BCUT2D eigenvalue weighted by atomic mass is 9.85. The maximum Gasteiger partial charge on any atom is 0.410 e. The van der Waals surface area contributed by atoms with Gasteiger partial charge in [0.1, 0.15) is 6.61 Å². The summed E-state index contributed by atoms with van der Waals surface area (Å²) in [5.41, 5.74) is 0.974. The van der Waals surface area contributed by atoms with Gasteiger partial charge in [0, 0.05) is 24.9 Å².